The molecule has 2 aliphatic rings. The minimum absolute atomic E-state index is 0.00762. The number of aryl methyl sites for hydroxylation is 1. The number of aromatic nitrogens is 2. The molecular weight excluding hydrogens is 470 g/mol. The summed E-state index contributed by atoms with van der Waals surface area (Å²) in [4.78, 5) is 44.6. The third kappa shape index (κ3) is 4.85. The highest BCUT2D eigenvalue weighted by atomic mass is 35.5. The van der Waals surface area contributed by atoms with Crippen molar-refractivity contribution in [3.8, 4) is 0 Å². The molecule has 0 spiro atoms. The number of nitrogens with zero attached hydrogens (tertiary/aromatic N) is 3. The molecule has 0 radical (unpaired) electrons. The molecule has 0 bridgehead atoms. The molecule has 178 valence electrons. The number of hydrogen-bond donors (Lipinski definition) is 2. The largest absolute Gasteiger partial charge is 0.368 e. The number of anilines is 1. The van der Waals surface area contributed by atoms with Crippen molar-refractivity contribution in [1.82, 2.24) is 19.2 Å². The van der Waals surface area contributed by atoms with Crippen molar-refractivity contribution in [2.45, 2.75) is 24.7 Å². The molecule has 0 saturated carbocycles. The first-order chi connectivity index (χ1) is 15.7. The van der Waals surface area contributed by atoms with Crippen LogP contribution in [0.4, 0.5) is 5.69 Å². The van der Waals surface area contributed by atoms with Crippen LogP contribution in [0.15, 0.2) is 38.8 Å². The number of carbonyl (C=O) groups is 1. The maximum absolute atomic E-state index is 13.2. The predicted molar refractivity (Wildman–Crippen MR) is 124 cm³/mol. The lowest BCUT2D eigenvalue weighted by atomic mass is 9.97. The number of nitrogens with one attached hydrogen (secondary N) is 2. The van der Waals surface area contributed by atoms with Gasteiger partial charge in [0.1, 0.15) is 0 Å². The molecule has 10 nitrogen and oxygen atoms in total. The zero-order chi connectivity index (χ0) is 23.8. The van der Waals surface area contributed by atoms with E-state index < -0.39 is 32.1 Å². The van der Waals surface area contributed by atoms with E-state index in [-0.39, 0.29) is 24.7 Å². The number of rotatable bonds is 4. The summed E-state index contributed by atoms with van der Waals surface area (Å²) >= 11 is 6.08. The molecule has 2 saturated heterocycles. The Balaban J connectivity index is 1.44. The lowest BCUT2D eigenvalue weighted by Crippen LogP contribution is -2.53. The van der Waals surface area contributed by atoms with Gasteiger partial charge in [0, 0.05) is 55.7 Å². The van der Waals surface area contributed by atoms with E-state index in [2.05, 4.69) is 9.88 Å². The molecule has 3 heterocycles. The van der Waals surface area contributed by atoms with Crippen LogP contribution in [-0.4, -0.2) is 72.8 Å². The van der Waals surface area contributed by atoms with Crippen LogP contribution >= 0.6 is 11.6 Å². The van der Waals surface area contributed by atoms with E-state index in [9.17, 15) is 22.8 Å². The number of amides is 1. The molecule has 1 amide bonds. The monoisotopic (exact) mass is 495 g/mol. The Labute approximate surface area is 196 Å². The Bertz CT molecular complexity index is 1270. The number of halogens is 1. The molecule has 2 fully saturated rings. The molecule has 2 aliphatic heterocycles. The molecule has 12 heteroatoms. The van der Waals surface area contributed by atoms with Crippen LogP contribution in [-0.2, 0) is 14.8 Å². The number of sulfonamides is 1. The maximum Gasteiger partial charge on any atom is 0.325 e. The first kappa shape index (κ1) is 23.5. The van der Waals surface area contributed by atoms with E-state index in [1.165, 1.54) is 11.2 Å². The molecule has 33 heavy (non-hydrogen) atoms. The fraction of sp³-hybridized carbons (Fsp3) is 0.476. The Kier molecular flexibility index (Phi) is 6.64. The molecule has 1 atom stereocenters. The zero-order valence-electron chi connectivity index (χ0n) is 18.2. The second kappa shape index (κ2) is 9.32. The van der Waals surface area contributed by atoms with Crippen LogP contribution < -0.4 is 16.1 Å². The highest BCUT2D eigenvalue weighted by Crippen LogP contribution is 2.26. The van der Waals surface area contributed by atoms with Gasteiger partial charge in [-0.2, -0.15) is 4.31 Å². The predicted octanol–water partition coefficient (Wildman–Crippen LogP) is 0.775. The molecule has 1 unspecified atom stereocenters. The second-order valence-corrected chi connectivity index (χ2v) is 10.7. The van der Waals surface area contributed by atoms with Gasteiger partial charge in [-0.25, -0.2) is 13.2 Å². The number of hydrogen-bond acceptors (Lipinski definition) is 6. The quantitative estimate of drug-likeness (QED) is 0.645. The summed E-state index contributed by atoms with van der Waals surface area (Å²) in [6.45, 7) is 3.98. The Morgan fingerprint density at radius 1 is 1.09 bits per heavy atom. The highest BCUT2D eigenvalue weighted by Gasteiger charge is 2.37. The molecule has 4 rings (SSSR count). The molecule has 2 N–H and O–H groups in total. The topological polar surface area (TPSA) is 127 Å². The first-order valence-corrected chi connectivity index (χ1v) is 12.6. The summed E-state index contributed by atoms with van der Waals surface area (Å²) in [6.07, 6.45) is 1.10. The highest BCUT2D eigenvalue weighted by molar-refractivity contribution is 7.89. The summed E-state index contributed by atoms with van der Waals surface area (Å²) in [5.41, 5.74) is -0.734. The smallest absolute Gasteiger partial charge is 0.325 e. The normalized spacial score (nSPS) is 20.1. The number of carbonyl (C=O) groups excluding carboxylic acids is 1. The van der Waals surface area contributed by atoms with Crippen LogP contribution in [0.1, 0.15) is 18.5 Å². The average Bonchev–Trinajstić information content (AvgIpc) is 2.78. The van der Waals surface area contributed by atoms with Gasteiger partial charge in [-0.05, 0) is 38.0 Å². The number of H-pyrrole nitrogens is 2. The van der Waals surface area contributed by atoms with Crippen LogP contribution in [0.2, 0.25) is 5.02 Å². The summed E-state index contributed by atoms with van der Waals surface area (Å²) in [6, 6.07) is 7.58. The third-order valence-corrected chi connectivity index (χ3v) is 8.42. The van der Waals surface area contributed by atoms with Crippen molar-refractivity contribution in [3.63, 3.8) is 0 Å². The van der Waals surface area contributed by atoms with Crippen molar-refractivity contribution in [3.05, 3.63) is 55.8 Å². The first-order valence-electron chi connectivity index (χ1n) is 10.8. The number of piperidine rings is 1. The Morgan fingerprint density at radius 2 is 1.82 bits per heavy atom. The maximum atomic E-state index is 13.2. The molecule has 0 aliphatic carbocycles. The zero-order valence-corrected chi connectivity index (χ0v) is 19.8. The van der Waals surface area contributed by atoms with Crippen LogP contribution in [0.5, 0.6) is 0 Å². The SMILES string of the molecule is Cc1[nH]c(=O)[nH]c(=O)c1S(=O)(=O)N1CCCC(C(=O)N2CCN(c3cccc(Cl)c3)CC2)C1. The van der Waals surface area contributed by atoms with Gasteiger partial charge in [-0.3, -0.25) is 14.6 Å². The number of aromatic amines is 2. The van der Waals surface area contributed by atoms with Crippen molar-refractivity contribution in [1.29, 1.82) is 0 Å². The van der Waals surface area contributed by atoms with Crippen LogP contribution in [0, 0.1) is 12.8 Å². The summed E-state index contributed by atoms with van der Waals surface area (Å²) in [5.74, 6) is -0.555. The summed E-state index contributed by atoms with van der Waals surface area (Å²) < 4.78 is 27.5. The van der Waals surface area contributed by atoms with E-state index >= 15 is 0 Å². The molecular formula is C21H26ClN5O5S. The van der Waals surface area contributed by atoms with Gasteiger partial charge in [0.25, 0.3) is 5.56 Å². The van der Waals surface area contributed by atoms with Gasteiger partial charge < -0.3 is 14.8 Å². The van der Waals surface area contributed by atoms with Gasteiger partial charge in [0.05, 0.1) is 5.92 Å². The minimum atomic E-state index is -4.16. The van der Waals surface area contributed by atoms with Gasteiger partial charge in [-0.1, -0.05) is 17.7 Å². The fourth-order valence-corrected chi connectivity index (χ4v) is 6.42. The minimum Gasteiger partial charge on any atom is -0.368 e. The Morgan fingerprint density at radius 3 is 2.48 bits per heavy atom. The Hall–Kier alpha value is -2.63. The van der Waals surface area contributed by atoms with Crippen molar-refractivity contribution in [2.24, 2.45) is 5.92 Å². The standard InChI is InChI=1S/C21H26ClN5O5S/c1-14-18(19(28)24-21(30)23-14)33(31,32)27-7-3-4-15(13-27)20(29)26-10-8-25(9-11-26)17-6-2-5-16(22)12-17/h2,5-6,12,15H,3-4,7-11,13H2,1H3,(H2,23,24,28,30). The van der Waals surface area contributed by atoms with E-state index in [0.29, 0.717) is 44.0 Å². The van der Waals surface area contributed by atoms with E-state index in [1.807, 2.05) is 29.2 Å². The van der Waals surface area contributed by atoms with Gasteiger partial charge in [0.2, 0.25) is 15.9 Å². The number of benzene rings is 1. The van der Waals surface area contributed by atoms with Gasteiger partial charge >= 0.3 is 5.69 Å². The second-order valence-electron chi connectivity index (χ2n) is 8.36. The fourth-order valence-electron chi connectivity index (χ4n) is 4.51. The van der Waals surface area contributed by atoms with Gasteiger partial charge in [0.15, 0.2) is 4.90 Å². The lowest BCUT2D eigenvalue weighted by molar-refractivity contribution is -0.137. The van der Waals surface area contributed by atoms with Crippen molar-refractivity contribution >= 4 is 33.2 Å². The number of piperazine rings is 1. The van der Waals surface area contributed by atoms with E-state index in [1.54, 1.807) is 4.90 Å². The molecule has 1 aromatic carbocycles. The van der Waals surface area contributed by atoms with Crippen molar-refractivity contribution < 1.29 is 13.2 Å². The van der Waals surface area contributed by atoms with Crippen LogP contribution in [0.3, 0.4) is 0 Å². The average molecular weight is 496 g/mol. The van der Waals surface area contributed by atoms with Crippen molar-refractivity contribution in [2.75, 3.05) is 44.2 Å². The van der Waals surface area contributed by atoms with Gasteiger partial charge in [-0.15, -0.1) is 0 Å². The summed E-state index contributed by atoms with van der Waals surface area (Å²) in [5, 5.41) is 0.658. The molecule has 2 aromatic rings. The van der Waals surface area contributed by atoms with Crippen LogP contribution in [0.25, 0.3) is 0 Å². The van der Waals surface area contributed by atoms with E-state index in [4.69, 9.17) is 11.6 Å². The summed E-state index contributed by atoms with van der Waals surface area (Å²) in [7, 11) is -4.16. The molecule has 1 aromatic heterocycles. The lowest BCUT2D eigenvalue weighted by Gasteiger charge is -2.39. The third-order valence-electron chi connectivity index (χ3n) is 6.17. The van der Waals surface area contributed by atoms with E-state index in [0.717, 1.165) is 5.69 Å².